The third-order valence-electron chi connectivity index (χ3n) is 12.6. The highest BCUT2D eigenvalue weighted by Crippen LogP contribution is 2.42. The van der Waals surface area contributed by atoms with Gasteiger partial charge in [-0.25, -0.2) is 9.98 Å². The topological polar surface area (TPSA) is 55.1 Å². The average Bonchev–Trinajstić information content (AvgIpc) is 3.79. The van der Waals surface area contributed by atoms with Gasteiger partial charge in [0.05, 0.1) is 17.6 Å². The minimum atomic E-state index is 0.355. The van der Waals surface area contributed by atoms with Crippen molar-refractivity contribution in [3.05, 3.63) is 222 Å². The Morgan fingerprint density at radius 3 is 2.00 bits per heavy atom. The van der Waals surface area contributed by atoms with Gasteiger partial charge in [-0.15, -0.1) is 0 Å². The van der Waals surface area contributed by atoms with Crippen LogP contribution < -0.4 is 0 Å². The number of para-hydroxylation sites is 1. The van der Waals surface area contributed by atoms with Gasteiger partial charge < -0.3 is 8.98 Å². The molecule has 2 heterocycles. The van der Waals surface area contributed by atoms with E-state index in [0.717, 1.165) is 83.7 Å². The SMILES string of the molecule is C=N/C(=N\C(=N/Cc1cccc2oc3c(c12)C=CCC=C3)c1cc(-n2c3ccccc3c3cc(-c4ccccc4)ccc32)cc2c3ccccc3c3ccccc3c12)c1ccccc1. The summed E-state index contributed by atoms with van der Waals surface area (Å²) in [5, 5.41) is 10.3. The molecule has 0 fully saturated rings. The summed E-state index contributed by atoms with van der Waals surface area (Å²) in [6.45, 7) is 4.39. The molecular weight excluding hydrogens is 781 g/mol. The second-order valence-corrected chi connectivity index (χ2v) is 16.3. The molecule has 11 aromatic rings. The number of fused-ring (bicyclic) bond motifs is 12. The van der Waals surface area contributed by atoms with Crippen molar-refractivity contribution in [2.45, 2.75) is 13.0 Å². The molecule has 0 radical (unpaired) electrons. The lowest BCUT2D eigenvalue weighted by molar-refractivity contribution is 0.603. The van der Waals surface area contributed by atoms with Gasteiger partial charge in [0, 0.05) is 43.9 Å². The Morgan fingerprint density at radius 2 is 1.20 bits per heavy atom. The van der Waals surface area contributed by atoms with E-state index in [2.05, 4.69) is 180 Å². The van der Waals surface area contributed by atoms with Gasteiger partial charge >= 0.3 is 0 Å². The lowest BCUT2D eigenvalue weighted by Gasteiger charge is -2.18. The lowest BCUT2D eigenvalue weighted by atomic mass is 9.90. The van der Waals surface area contributed by atoms with Crippen LogP contribution in [0.15, 0.2) is 214 Å². The lowest BCUT2D eigenvalue weighted by Crippen LogP contribution is -2.08. The quantitative estimate of drug-likeness (QED) is 0.0936. The maximum absolute atomic E-state index is 6.41. The summed E-state index contributed by atoms with van der Waals surface area (Å²) in [7, 11) is 0. The van der Waals surface area contributed by atoms with E-state index in [9.17, 15) is 0 Å². The van der Waals surface area contributed by atoms with Crippen LogP contribution in [0.3, 0.4) is 0 Å². The zero-order valence-corrected chi connectivity index (χ0v) is 34.9. The van der Waals surface area contributed by atoms with E-state index in [-0.39, 0.29) is 0 Å². The first-order valence-corrected chi connectivity index (χ1v) is 21.7. The Balaban J connectivity index is 1.18. The van der Waals surface area contributed by atoms with Gasteiger partial charge in [-0.2, -0.15) is 0 Å². The highest BCUT2D eigenvalue weighted by atomic mass is 16.3. The van der Waals surface area contributed by atoms with Crippen LogP contribution in [0.25, 0.3) is 94.1 Å². The van der Waals surface area contributed by atoms with Gasteiger partial charge in [0.2, 0.25) is 0 Å². The summed E-state index contributed by atoms with van der Waals surface area (Å²) >= 11 is 0. The van der Waals surface area contributed by atoms with Crippen molar-refractivity contribution in [1.82, 2.24) is 4.57 Å². The summed E-state index contributed by atoms with van der Waals surface area (Å²) in [5.74, 6) is 1.92. The molecule has 5 nitrogen and oxygen atoms in total. The minimum Gasteiger partial charge on any atom is -0.456 e. The molecule has 302 valence electrons. The molecule has 0 N–H and O–H groups in total. The van der Waals surface area contributed by atoms with Gasteiger partial charge in [0.1, 0.15) is 11.3 Å². The van der Waals surface area contributed by atoms with Gasteiger partial charge in [0.15, 0.2) is 11.7 Å². The van der Waals surface area contributed by atoms with E-state index in [1.165, 1.54) is 32.7 Å². The number of aromatic nitrogens is 1. The zero-order chi connectivity index (χ0) is 42.6. The number of hydrogen-bond acceptors (Lipinski definition) is 2. The molecule has 5 heteroatoms. The first-order chi connectivity index (χ1) is 31.7. The number of hydrogen-bond donors (Lipinski definition) is 0. The molecule has 0 unspecified atom stereocenters. The monoisotopic (exact) mass is 820 g/mol. The Labute approximate surface area is 370 Å². The molecule has 9 aromatic carbocycles. The molecule has 64 heavy (non-hydrogen) atoms. The fourth-order valence-corrected chi connectivity index (χ4v) is 9.73. The molecule has 0 atom stereocenters. The number of rotatable bonds is 6. The maximum atomic E-state index is 6.41. The van der Waals surface area contributed by atoms with Crippen molar-refractivity contribution < 1.29 is 4.42 Å². The number of furan rings is 1. The average molecular weight is 821 g/mol. The van der Waals surface area contributed by atoms with E-state index < -0.39 is 0 Å². The standard InChI is InChI=1S/C59H40N4O/c1-60-58(39-20-7-3-8-21-39)62-59(61-37-41-22-17-31-55-56(41)48-28-9-4-10-30-54(48)64-55)51-36-42(35-50-45-25-12-11-23-43(45)44-24-13-14-27-47(44)57(50)51)63-52-29-16-15-26-46(52)49-34-40(32-33-53(49)63)38-18-5-2-6-19-38/h2-3,5-36H,1,4,37H2/b61-59-,62-58-. The molecule has 12 rings (SSSR count). The first kappa shape index (κ1) is 37.4. The van der Waals surface area contributed by atoms with Crippen molar-refractivity contribution in [3.8, 4) is 16.8 Å². The molecular formula is C59H40N4O. The van der Waals surface area contributed by atoms with Crippen molar-refractivity contribution >= 4 is 95.6 Å². The number of amidine groups is 2. The smallest absolute Gasteiger partial charge is 0.161 e. The molecule has 0 amide bonds. The third kappa shape index (κ3) is 6.20. The summed E-state index contributed by atoms with van der Waals surface area (Å²) in [4.78, 5) is 15.5. The van der Waals surface area contributed by atoms with Crippen molar-refractivity contribution in [3.63, 3.8) is 0 Å². The molecule has 0 aliphatic heterocycles. The second kappa shape index (κ2) is 15.5. The fourth-order valence-electron chi connectivity index (χ4n) is 9.73. The maximum Gasteiger partial charge on any atom is 0.161 e. The molecule has 0 spiro atoms. The number of aliphatic imine (C=N–C) groups is 3. The molecule has 1 aliphatic carbocycles. The predicted octanol–water partition coefficient (Wildman–Crippen LogP) is 15.2. The summed E-state index contributed by atoms with van der Waals surface area (Å²) in [6, 6.07) is 64.5. The molecule has 1 aliphatic rings. The third-order valence-corrected chi connectivity index (χ3v) is 12.6. The van der Waals surface area contributed by atoms with Crippen molar-refractivity contribution in [1.29, 1.82) is 0 Å². The highest BCUT2D eigenvalue weighted by molar-refractivity contribution is 6.31. The highest BCUT2D eigenvalue weighted by Gasteiger charge is 2.22. The normalized spacial score (nSPS) is 13.1. The Bertz CT molecular complexity index is 3790. The minimum absolute atomic E-state index is 0.355. The van der Waals surface area contributed by atoms with Crippen molar-refractivity contribution in [2.24, 2.45) is 15.0 Å². The van der Waals surface area contributed by atoms with Crippen LogP contribution in [0.1, 0.15) is 34.4 Å². The van der Waals surface area contributed by atoms with Crippen LogP contribution in [-0.2, 0) is 6.54 Å². The summed E-state index contributed by atoms with van der Waals surface area (Å²) in [5.41, 5.74) is 10.3. The molecule has 0 saturated heterocycles. The molecule has 0 bridgehead atoms. The molecule has 2 aromatic heterocycles. The number of allylic oxidation sites excluding steroid dienone is 2. The zero-order valence-electron chi connectivity index (χ0n) is 34.9. The van der Waals surface area contributed by atoms with Crippen LogP contribution in [0.5, 0.6) is 0 Å². The Morgan fingerprint density at radius 1 is 0.531 bits per heavy atom. The van der Waals surface area contributed by atoms with Crippen LogP contribution in [0, 0.1) is 0 Å². The number of nitrogens with zero attached hydrogens (tertiary/aromatic N) is 4. The van der Waals surface area contributed by atoms with E-state index in [1.807, 2.05) is 42.5 Å². The number of benzene rings is 9. The first-order valence-electron chi connectivity index (χ1n) is 21.7. The predicted molar refractivity (Wildman–Crippen MR) is 270 cm³/mol. The van der Waals surface area contributed by atoms with E-state index >= 15 is 0 Å². The second-order valence-electron chi connectivity index (χ2n) is 16.3. The van der Waals surface area contributed by atoms with Gasteiger partial charge in [-0.3, -0.25) is 4.99 Å². The Kier molecular flexibility index (Phi) is 9.04. The van der Waals surface area contributed by atoms with E-state index in [1.54, 1.807) is 0 Å². The largest absolute Gasteiger partial charge is 0.456 e. The van der Waals surface area contributed by atoms with Gasteiger partial charge in [0.25, 0.3) is 0 Å². The Hall–Kier alpha value is -8.41. The van der Waals surface area contributed by atoms with Crippen molar-refractivity contribution in [2.75, 3.05) is 0 Å². The van der Waals surface area contributed by atoms with E-state index in [4.69, 9.17) is 14.4 Å². The van der Waals surface area contributed by atoms with Gasteiger partial charge in [-0.1, -0.05) is 164 Å². The van der Waals surface area contributed by atoms with Crippen LogP contribution in [0.2, 0.25) is 0 Å². The van der Waals surface area contributed by atoms with Gasteiger partial charge in [-0.05, 0) is 99.2 Å². The van der Waals surface area contributed by atoms with Crippen LogP contribution >= 0.6 is 0 Å². The molecule has 0 saturated carbocycles. The summed E-state index contributed by atoms with van der Waals surface area (Å²) in [6.07, 6.45) is 9.41. The van der Waals surface area contributed by atoms with Crippen LogP contribution in [0.4, 0.5) is 0 Å². The van der Waals surface area contributed by atoms with Crippen LogP contribution in [-0.4, -0.2) is 23.0 Å². The fraction of sp³-hybridized carbons (Fsp3) is 0.0339. The van der Waals surface area contributed by atoms with E-state index in [0.29, 0.717) is 18.2 Å². The summed E-state index contributed by atoms with van der Waals surface area (Å²) < 4.78 is 8.81.